The van der Waals surface area contributed by atoms with Crippen molar-refractivity contribution >= 4 is 16.7 Å². The molecule has 0 atom stereocenters. The maximum Gasteiger partial charge on any atom is 0.254 e. The Bertz CT molecular complexity index is 1570. The van der Waals surface area contributed by atoms with Gasteiger partial charge in [0.1, 0.15) is 11.6 Å². The van der Waals surface area contributed by atoms with Gasteiger partial charge in [0, 0.05) is 24.3 Å². The molecule has 1 N–H and O–H groups in total. The number of carbonyl (C=O) groups excluding carboxylic acids is 1. The Balaban J connectivity index is 0.000000225. The Morgan fingerprint density at radius 2 is 1.74 bits per heavy atom. The van der Waals surface area contributed by atoms with E-state index in [1.54, 1.807) is 20.1 Å². The van der Waals surface area contributed by atoms with Crippen LogP contribution in [0.4, 0.5) is 4.39 Å². The molecule has 5 nitrogen and oxygen atoms in total. The van der Waals surface area contributed by atoms with Crippen LogP contribution in [0, 0.1) is 26.6 Å². The Morgan fingerprint density at radius 3 is 2.40 bits per heavy atom. The number of ether oxygens (including phenoxy) is 1. The highest BCUT2D eigenvalue weighted by atomic mass is 19.1. The van der Waals surface area contributed by atoms with Crippen LogP contribution in [-0.4, -0.2) is 43.5 Å². The summed E-state index contributed by atoms with van der Waals surface area (Å²) in [6, 6.07) is 18.5. The number of pyridine rings is 1. The summed E-state index contributed by atoms with van der Waals surface area (Å²) in [5, 5.41) is 5.25. The molecule has 1 fully saturated rings. The molecule has 0 aliphatic heterocycles. The van der Waals surface area contributed by atoms with Gasteiger partial charge in [-0.3, -0.25) is 9.78 Å². The quantitative estimate of drug-likeness (QED) is 0.213. The second kappa shape index (κ2) is 16.0. The molecule has 0 unspecified atom stereocenters. The number of aryl methyl sites for hydroxylation is 2. The number of amides is 1. The average Bonchev–Trinajstić information content (AvgIpc) is 3.82. The van der Waals surface area contributed by atoms with Crippen molar-refractivity contribution in [3.8, 4) is 0 Å². The number of allylic oxidation sites excluding steroid dienone is 1. The predicted molar refractivity (Wildman–Crippen MR) is 176 cm³/mol. The van der Waals surface area contributed by atoms with Gasteiger partial charge in [-0.25, -0.2) is 4.39 Å². The molecule has 1 heterocycles. The SMILES string of the molecule is CC.COC(CNC(=O)c1c(F)ccc(C)c1C)=C1CC1.Cc1cccc(Cc2cc(CN(C)C)cc3ccncc23)c1. The fourth-order valence-corrected chi connectivity index (χ4v) is 4.98. The molecule has 0 spiro atoms. The minimum absolute atomic E-state index is 0.122. The zero-order valence-corrected chi connectivity index (χ0v) is 27.0. The van der Waals surface area contributed by atoms with Crippen molar-refractivity contribution < 1.29 is 13.9 Å². The molecule has 1 amide bonds. The third kappa shape index (κ3) is 9.48. The minimum Gasteiger partial charge on any atom is -0.499 e. The topological polar surface area (TPSA) is 54.5 Å². The summed E-state index contributed by atoms with van der Waals surface area (Å²) in [7, 11) is 5.80. The number of halogens is 1. The maximum atomic E-state index is 13.8. The van der Waals surface area contributed by atoms with Crippen molar-refractivity contribution in [2.75, 3.05) is 27.7 Å². The van der Waals surface area contributed by atoms with Crippen LogP contribution in [0.15, 0.2) is 78.3 Å². The summed E-state index contributed by atoms with van der Waals surface area (Å²) in [6.07, 6.45) is 6.86. The Morgan fingerprint density at radius 1 is 1.00 bits per heavy atom. The van der Waals surface area contributed by atoms with Gasteiger partial charge >= 0.3 is 0 Å². The van der Waals surface area contributed by atoms with Gasteiger partial charge in [0.25, 0.3) is 5.91 Å². The fourth-order valence-electron chi connectivity index (χ4n) is 4.98. The van der Waals surface area contributed by atoms with E-state index in [1.807, 2.05) is 33.2 Å². The highest BCUT2D eigenvalue weighted by Crippen LogP contribution is 2.31. The van der Waals surface area contributed by atoms with Crippen LogP contribution in [0.25, 0.3) is 10.8 Å². The zero-order chi connectivity index (χ0) is 31.5. The summed E-state index contributed by atoms with van der Waals surface area (Å²) in [5.41, 5.74) is 8.30. The van der Waals surface area contributed by atoms with E-state index in [-0.39, 0.29) is 5.56 Å². The molecule has 0 saturated heterocycles. The summed E-state index contributed by atoms with van der Waals surface area (Å²) in [6.45, 7) is 11.0. The number of hydrogen-bond acceptors (Lipinski definition) is 4. The summed E-state index contributed by atoms with van der Waals surface area (Å²) in [4.78, 5) is 18.6. The van der Waals surface area contributed by atoms with Crippen molar-refractivity contribution in [3.05, 3.63) is 123 Å². The van der Waals surface area contributed by atoms with E-state index in [4.69, 9.17) is 4.74 Å². The number of nitrogens with one attached hydrogen (secondary N) is 1. The summed E-state index contributed by atoms with van der Waals surface area (Å²) in [5.74, 6) is -0.0905. The first kappa shape index (κ1) is 33.5. The van der Waals surface area contributed by atoms with Crippen molar-refractivity contribution in [2.24, 2.45) is 0 Å². The van der Waals surface area contributed by atoms with E-state index >= 15 is 0 Å². The number of fused-ring (bicyclic) bond motifs is 1. The molecule has 1 aromatic heterocycles. The maximum absolute atomic E-state index is 13.8. The van der Waals surface area contributed by atoms with E-state index in [0.717, 1.165) is 37.1 Å². The molecular weight excluding hydrogens is 537 g/mol. The second-order valence-electron chi connectivity index (χ2n) is 11.0. The fraction of sp³-hybridized carbons (Fsp3) is 0.351. The molecule has 1 saturated carbocycles. The van der Waals surface area contributed by atoms with Crippen molar-refractivity contribution in [1.82, 2.24) is 15.2 Å². The molecule has 0 radical (unpaired) electrons. The predicted octanol–water partition coefficient (Wildman–Crippen LogP) is 8.09. The lowest BCUT2D eigenvalue weighted by Gasteiger charge is -2.14. The number of carbonyl (C=O) groups is 1. The second-order valence-corrected chi connectivity index (χ2v) is 11.0. The highest BCUT2D eigenvalue weighted by Gasteiger charge is 2.21. The Labute approximate surface area is 256 Å². The van der Waals surface area contributed by atoms with Crippen LogP contribution in [0.1, 0.15) is 70.4 Å². The van der Waals surface area contributed by atoms with Crippen LogP contribution in [-0.2, 0) is 17.7 Å². The molecular formula is C37H46FN3O2. The highest BCUT2D eigenvalue weighted by molar-refractivity contribution is 5.96. The molecule has 3 aromatic carbocycles. The lowest BCUT2D eigenvalue weighted by atomic mass is 9.96. The number of hydrogen-bond donors (Lipinski definition) is 1. The van der Waals surface area contributed by atoms with E-state index in [2.05, 4.69) is 78.7 Å². The van der Waals surface area contributed by atoms with Gasteiger partial charge in [0.15, 0.2) is 0 Å². The van der Waals surface area contributed by atoms with Gasteiger partial charge in [-0.2, -0.15) is 0 Å². The zero-order valence-electron chi connectivity index (χ0n) is 27.0. The van der Waals surface area contributed by atoms with Gasteiger partial charge in [0.2, 0.25) is 0 Å². The number of aromatic nitrogens is 1. The molecule has 228 valence electrons. The monoisotopic (exact) mass is 583 g/mol. The first-order valence-corrected chi connectivity index (χ1v) is 15.0. The smallest absolute Gasteiger partial charge is 0.254 e. The van der Waals surface area contributed by atoms with Crippen LogP contribution < -0.4 is 5.32 Å². The molecule has 1 aliphatic rings. The van der Waals surface area contributed by atoms with Gasteiger partial charge in [0.05, 0.1) is 19.2 Å². The van der Waals surface area contributed by atoms with Gasteiger partial charge in [-0.1, -0.05) is 55.8 Å². The number of rotatable bonds is 8. The summed E-state index contributed by atoms with van der Waals surface area (Å²) < 4.78 is 19.0. The first-order chi connectivity index (χ1) is 20.7. The standard InChI is InChI=1S/C20H22N2.C15H18FNO2.C2H6/c1-15-5-4-6-16(9-15)10-19-12-17(14-22(2)3)11-18-7-8-21-13-20(18)19;1-9-4-7-12(16)14(10(9)2)15(18)17-8-13(19-3)11-5-6-11;1-2/h4-9,11-13H,10,14H2,1-3H3;4,7H,5-6,8H2,1-3H3,(H,17,18);1-2H3. The average molecular weight is 584 g/mol. The normalized spacial score (nSPS) is 11.7. The van der Waals surface area contributed by atoms with Crippen molar-refractivity contribution in [3.63, 3.8) is 0 Å². The molecule has 5 rings (SSSR count). The van der Waals surface area contributed by atoms with Gasteiger partial charge in [-0.05, 0) is 111 Å². The summed E-state index contributed by atoms with van der Waals surface area (Å²) >= 11 is 0. The van der Waals surface area contributed by atoms with Crippen LogP contribution in [0.3, 0.4) is 0 Å². The molecule has 6 heteroatoms. The van der Waals surface area contributed by atoms with Gasteiger partial charge < -0.3 is 15.0 Å². The molecule has 1 aliphatic carbocycles. The number of benzene rings is 3. The number of nitrogens with zero attached hydrogens (tertiary/aromatic N) is 2. The Hall–Kier alpha value is -4.03. The van der Waals surface area contributed by atoms with Crippen LogP contribution >= 0.6 is 0 Å². The molecule has 4 aromatic rings. The third-order valence-corrected chi connectivity index (χ3v) is 7.34. The van der Waals surface area contributed by atoms with E-state index in [9.17, 15) is 9.18 Å². The third-order valence-electron chi connectivity index (χ3n) is 7.34. The van der Waals surface area contributed by atoms with E-state index < -0.39 is 11.7 Å². The van der Waals surface area contributed by atoms with Crippen LogP contribution in [0.2, 0.25) is 0 Å². The lowest BCUT2D eigenvalue weighted by molar-refractivity contribution is 0.0945. The van der Waals surface area contributed by atoms with Gasteiger partial charge in [-0.15, -0.1) is 0 Å². The van der Waals surface area contributed by atoms with Crippen LogP contribution in [0.5, 0.6) is 0 Å². The lowest BCUT2D eigenvalue weighted by Crippen LogP contribution is -2.28. The first-order valence-electron chi connectivity index (χ1n) is 15.0. The van der Waals surface area contributed by atoms with Crippen molar-refractivity contribution in [1.29, 1.82) is 0 Å². The Kier molecular flexibility index (Phi) is 12.4. The van der Waals surface area contributed by atoms with E-state index in [1.165, 1.54) is 44.7 Å². The number of methoxy groups -OCH3 is 1. The molecule has 43 heavy (non-hydrogen) atoms. The largest absolute Gasteiger partial charge is 0.499 e. The van der Waals surface area contributed by atoms with Crippen molar-refractivity contribution in [2.45, 2.75) is 60.4 Å². The van der Waals surface area contributed by atoms with E-state index in [0.29, 0.717) is 12.1 Å². The molecule has 0 bridgehead atoms. The minimum atomic E-state index is -0.487.